The fourth-order valence-electron chi connectivity index (χ4n) is 1.95. The monoisotopic (exact) mass is 299 g/mol. The highest BCUT2D eigenvalue weighted by atomic mass is 32.1. The van der Waals surface area contributed by atoms with Crippen molar-refractivity contribution in [1.82, 2.24) is 10.3 Å². The highest BCUT2D eigenvalue weighted by Gasteiger charge is 2.15. The second-order valence-corrected chi connectivity index (χ2v) is 6.18. The first-order chi connectivity index (χ1) is 9.72. The van der Waals surface area contributed by atoms with Gasteiger partial charge in [-0.05, 0) is 19.8 Å². The Morgan fingerprint density at radius 1 is 1.45 bits per heavy atom. The minimum absolute atomic E-state index is 0.557. The van der Waals surface area contributed by atoms with E-state index in [9.17, 15) is 0 Å². The second kappa shape index (κ2) is 10.1. The molecule has 1 atom stereocenters. The summed E-state index contributed by atoms with van der Waals surface area (Å²) < 4.78 is 5.03. The fourth-order valence-corrected chi connectivity index (χ4v) is 2.96. The van der Waals surface area contributed by atoms with Gasteiger partial charge in [-0.25, -0.2) is 4.98 Å². The van der Waals surface area contributed by atoms with Gasteiger partial charge in [-0.15, -0.1) is 11.3 Å². The lowest BCUT2D eigenvalue weighted by atomic mass is 10.2. The number of thiazole rings is 1. The first-order valence-corrected chi connectivity index (χ1v) is 8.45. The van der Waals surface area contributed by atoms with Gasteiger partial charge in [0.15, 0.2) is 5.13 Å². The number of nitrogens with one attached hydrogen (secondary N) is 1. The van der Waals surface area contributed by atoms with Gasteiger partial charge in [0.2, 0.25) is 0 Å². The van der Waals surface area contributed by atoms with Crippen LogP contribution in [0.15, 0.2) is 6.20 Å². The molecule has 4 nitrogen and oxygen atoms in total. The van der Waals surface area contributed by atoms with Crippen LogP contribution in [-0.2, 0) is 11.3 Å². The molecule has 0 spiro atoms. The molecule has 0 fully saturated rings. The molecule has 1 N–H and O–H groups in total. The maximum atomic E-state index is 5.03. The quantitative estimate of drug-likeness (QED) is 0.636. The Labute approximate surface area is 127 Å². The highest BCUT2D eigenvalue weighted by molar-refractivity contribution is 7.15. The van der Waals surface area contributed by atoms with Crippen LogP contribution >= 0.6 is 11.3 Å². The summed E-state index contributed by atoms with van der Waals surface area (Å²) in [5.74, 6) is 0. The van der Waals surface area contributed by atoms with E-state index in [1.54, 1.807) is 18.4 Å². The standard InChI is InChI=1S/C15H29N3OS/c1-5-7-9-18(13(3)6-2)15-17-12-14(20-15)11-16-8-10-19-4/h12-13,16H,5-11H2,1-4H3. The molecule has 0 aliphatic rings. The van der Waals surface area contributed by atoms with E-state index in [0.29, 0.717) is 6.04 Å². The Bertz CT molecular complexity index is 357. The summed E-state index contributed by atoms with van der Waals surface area (Å²) in [6.45, 7) is 10.4. The Balaban J connectivity index is 2.56. The van der Waals surface area contributed by atoms with E-state index >= 15 is 0 Å². The van der Waals surface area contributed by atoms with Gasteiger partial charge in [-0.2, -0.15) is 0 Å². The van der Waals surface area contributed by atoms with Gasteiger partial charge < -0.3 is 15.0 Å². The third kappa shape index (κ3) is 5.77. The SMILES string of the molecule is CCCCN(c1ncc(CNCCOC)s1)C(C)CC. The van der Waals surface area contributed by atoms with Gasteiger partial charge in [0.1, 0.15) is 0 Å². The van der Waals surface area contributed by atoms with Crippen molar-refractivity contribution in [3.05, 3.63) is 11.1 Å². The number of unbranched alkanes of at least 4 members (excludes halogenated alkanes) is 1. The molecular formula is C15H29N3OS. The molecule has 5 heteroatoms. The Morgan fingerprint density at radius 3 is 2.90 bits per heavy atom. The number of hydrogen-bond donors (Lipinski definition) is 1. The molecule has 0 radical (unpaired) electrons. The summed E-state index contributed by atoms with van der Waals surface area (Å²) in [6.07, 6.45) is 5.61. The highest BCUT2D eigenvalue weighted by Crippen LogP contribution is 2.25. The van der Waals surface area contributed by atoms with Crippen molar-refractivity contribution < 1.29 is 4.74 Å². The lowest BCUT2D eigenvalue weighted by Gasteiger charge is -2.28. The lowest BCUT2D eigenvalue weighted by molar-refractivity contribution is 0.199. The number of methoxy groups -OCH3 is 1. The van der Waals surface area contributed by atoms with Crippen molar-refractivity contribution in [1.29, 1.82) is 0 Å². The molecule has 1 aromatic heterocycles. The van der Waals surface area contributed by atoms with Crippen LogP contribution in [-0.4, -0.2) is 37.8 Å². The summed E-state index contributed by atoms with van der Waals surface area (Å²) in [5.41, 5.74) is 0. The van der Waals surface area contributed by atoms with Crippen molar-refractivity contribution in [2.75, 3.05) is 31.7 Å². The van der Waals surface area contributed by atoms with Crippen LogP contribution in [0.3, 0.4) is 0 Å². The minimum atomic E-state index is 0.557. The average Bonchev–Trinajstić information content (AvgIpc) is 2.92. The molecule has 0 aliphatic heterocycles. The Hall–Kier alpha value is -0.650. The van der Waals surface area contributed by atoms with E-state index in [1.165, 1.54) is 17.7 Å². The van der Waals surface area contributed by atoms with Gasteiger partial charge in [0.05, 0.1) is 6.61 Å². The van der Waals surface area contributed by atoms with Gasteiger partial charge in [-0.3, -0.25) is 0 Å². The van der Waals surface area contributed by atoms with Crippen LogP contribution in [0.4, 0.5) is 5.13 Å². The average molecular weight is 299 g/mol. The van der Waals surface area contributed by atoms with Crippen molar-refractivity contribution in [3.8, 4) is 0 Å². The van der Waals surface area contributed by atoms with Crippen molar-refractivity contribution >= 4 is 16.5 Å². The molecule has 20 heavy (non-hydrogen) atoms. The maximum Gasteiger partial charge on any atom is 0.185 e. The number of rotatable bonds is 11. The molecule has 0 bridgehead atoms. The van der Waals surface area contributed by atoms with E-state index in [2.05, 4.69) is 36.0 Å². The summed E-state index contributed by atoms with van der Waals surface area (Å²) in [6, 6.07) is 0.557. The third-order valence-electron chi connectivity index (χ3n) is 3.44. The zero-order valence-corrected chi connectivity index (χ0v) is 14.1. The molecular weight excluding hydrogens is 270 g/mol. The second-order valence-electron chi connectivity index (χ2n) is 5.08. The van der Waals surface area contributed by atoms with Crippen LogP contribution in [0.5, 0.6) is 0 Å². The molecule has 1 unspecified atom stereocenters. The molecule has 1 rings (SSSR count). The largest absolute Gasteiger partial charge is 0.383 e. The first-order valence-electron chi connectivity index (χ1n) is 7.63. The summed E-state index contributed by atoms with van der Waals surface area (Å²) >= 11 is 1.80. The van der Waals surface area contributed by atoms with Crippen LogP contribution in [0.25, 0.3) is 0 Å². The van der Waals surface area contributed by atoms with Crippen molar-refractivity contribution in [2.24, 2.45) is 0 Å². The first kappa shape index (κ1) is 17.4. The van der Waals surface area contributed by atoms with Crippen LogP contribution in [0.2, 0.25) is 0 Å². The summed E-state index contributed by atoms with van der Waals surface area (Å²) in [5, 5.41) is 4.53. The zero-order chi connectivity index (χ0) is 14.8. The zero-order valence-electron chi connectivity index (χ0n) is 13.3. The maximum absolute atomic E-state index is 5.03. The molecule has 0 aromatic carbocycles. The van der Waals surface area contributed by atoms with Crippen LogP contribution in [0.1, 0.15) is 44.9 Å². The Kier molecular flexibility index (Phi) is 8.82. The minimum Gasteiger partial charge on any atom is -0.383 e. The molecule has 0 amide bonds. The van der Waals surface area contributed by atoms with E-state index < -0.39 is 0 Å². The Morgan fingerprint density at radius 2 is 2.25 bits per heavy atom. The molecule has 0 aliphatic carbocycles. The predicted octanol–water partition coefficient (Wildman–Crippen LogP) is 3.28. The van der Waals surface area contributed by atoms with Crippen molar-refractivity contribution in [2.45, 2.75) is 52.6 Å². The summed E-state index contributed by atoms with van der Waals surface area (Å²) in [7, 11) is 1.73. The van der Waals surface area contributed by atoms with E-state index in [1.807, 2.05) is 6.20 Å². The third-order valence-corrected chi connectivity index (χ3v) is 4.48. The number of aromatic nitrogens is 1. The predicted molar refractivity (Wildman–Crippen MR) is 87.7 cm³/mol. The number of ether oxygens (including phenoxy) is 1. The number of nitrogens with zero attached hydrogens (tertiary/aromatic N) is 2. The molecule has 0 saturated carbocycles. The fraction of sp³-hybridized carbons (Fsp3) is 0.800. The van der Waals surface area contributed by atoms with E-state index in [0.717, 1.165) is 37.8 Å². The topological polar surface area (TPSA) is 37.4 Å². The van der Waals surface area contributed by atoms with Gasteiger partial charge >= 0.3 is 0 Å². The van der Waals surface area contributed by atoms with Gasteiger partial charge in [0.25, 0.3) is 0 Å². The number of anilines is 1. The van der Waals surface area contributed by atoms with Gasteiger partial charge in [-0.1, -0.05) is 20.3 Å². The summed E-state index contributed by atoms with van der Waals surface area (Å²) in [4.78, 5) is 8.35. The van der Waals surface area contributed by atoms with Crippen molar-refractivity contribution in [3.63, 3.8) is 0 Å². The number of hydrogen-bond acceptors (Lipinski definition) is 5. The molecule has 116 valence electrons. The smallest absolute Gasteiger partial charge is 0.185 e. The van der Waals surface area contributed by atoms with Gasteiger partial charge in [0, 0.05) is 43.9 Å². The lowest BCUT2D eigenvalue weighted by Crippen LogP contribution is -2.33. The van der Waals surface area contributed by atoms with Crippen LogP contribution < -0.4 is 10.2 Å². The molecule has 1 aromatic rings. The normalized spacial score (nSPS) is 12.6. The van der Waals surface area contributed by atoms with Crippen LogP contribution in [0, 0.1) is 0 Å². The van der Waals surface area contributed by atoms with E-state index in [4.69, 9.17) is 4.74 Å². The molecule has 1 heterocycles. The molecule has 0 saturated heterocycles. The van der Waals surface area contributed by atoms with E-state index in [-0.39, 0.29) is 0 Å².